The third-order valence-corrected chi connectivity index (χ3v) is 15.1. The van der Waals surface area contributed by atoms with Gasteiger partial charge in [0, 0.05) is 12.8 Å². The fourth-order valence-corrected chi connectivity index (χ4v) is 10.1. The molecule has 0 radical (unpaired) electrons. The summed E-state index contributed by atoms with van der Waals surface area (Å²) in [4.78, 5) is 24.6. The van der Waals surface area contributed by atoms with Gasteiger partial charge < -0.3 is 14.6 Å². The molecule has 0 heterocycles. The fourth-order valence-electron chi connectivity index (χ4n) is 10.1. The first-order valence-electron chi connectivity index (χ1n) is 33.2. The Morgan fingerprint density at radius 1 is 0.311 bits per heavy atom. The topological polar surface area (TPSA) is 72.8 Å². The van der Waals surface area contributed by atoms with Crippen molar-refractivity contribution in [2.75, 3.05) is 13.2 Å². The summed E-state index contributed by atoms with van der Waals surface area (Å²) >= 11 is 0. The van der Waals surface area contributed by atoms with Crippen molar-refractivity contribution in [3.8, 4) is 0 Å². The number of hydrogen-bond donors (Lipinski definition) is 1. The second kappa shape index (κ2) is 65.1. The number of hydrogen-bond acceptors (Lipinski definition) is 5. The van der Waals surface area contributed by atoms with Crippen LogP contribution in [0.1, 0.15) is 361 Å². The first kappa shape index (κ1) is 71.9. The molecule has 0 amide bonds. The van der Waals surface area contributed by atoms with Crippen LogP contribution < -0.4 is 0 Å². The predicted octanol–water partition coefficient (Wildman–Crippen LogP) is 22.8. The molecule has 0 aromatic carbocycles. The Labute approximate surface area is 462 Å². The maximum atomic E-state index is 12.3. The molecule has 1 unspecified atom stereocenters. The van der Waals surface area contributed by atoms with Crippen LogP contribution in [0.5, 0.6) is 0 Å². The maximum Gasteiger partial charge on any atom is 0.306 e. The molecule has 0 aliphatic rings. The lowest BCUT2D eigenvalue weighted by atomic mass is 10.0. The quantitative estimate of drug-likeness (QED) is 0.0373. The van der Waals surface area contributed by atoms with E-state index in [-0.39, 0.29) is 25.2 Å². The first-order chi connectivity index (χ1) is 36.6. The molecule has 5 nitrogen and oxygen atoms in total. The van der Waals surface area contributed by atoms with Crippen molar-refractivity contribution in [2.24, 2.45) is 0 Å². The number of carbonyl (C=O) groups excluding carboxylic acids is 2. The second-order valence-corrected chi connectivity index (χ2v) is 22.5. The molecule has 434 valence electrons. The molecule has 0 saturated heterocycles. The van der Waals surface area contributed by atoms with Gasteiger partial charge in [0.05, 0.1) is 6.61 Å². The van der Waals surface area contributed by atoms with Crippen LogP contribution in [-0.4, -0.2) is 36.4 Å². The molecule has 1 atom stereocenters. The molecule has 0 bridgehead atoms. The first-order valence-corrected chi connectivity index (χ1v) is 33.2. The van der Waals surface area contributed by atoms with E-state index in [0.717, 1.165) is 51.4 Å². The van der Waals surface area contributed by atoms with Gasteiger partial charge in [0.2, 0.25) is 0 Å². The van der Waals surface area contributed by atoms with E-state index in [1.807, 2.05) is 0 Å². The van der Waals surface area contributed by atoms with Crippen molar-refractivity contribution in [3.63, 3.8) is 0 Å². The number of ether oxygens (including phenoxy) is 2. The summed E-state index contributed by atoms with van der Waals surface area (Å²) in [7, 11) is 0. The molecule has 0 aliphatic heterocycles. The van der Waals surface area contributed by atoms with Gasteiger partial charge in [-0.15, -0.1) is 0 Å². The molecule has 0 aromatic rings. The third-order valence-electron chi connectivity index (χ3n) is 15.1. The SMILES string of the molecule is CCCCCCC/C=C\C/C=C\CCCCCCCCCCCCCCCCCCCCCCCCCCCC(=O)OC(CO)COC(=O)CCCCCCCCCCCCC/C=C\C/C=C\CCCCCCC. The smallest absolute Gasteiger partial charge is 0.306 e. The van der Waals surface area contributed by atoms with Gasteiger partial charge in [-0.2, -0.15) is 0 Å². The van der Waals surface area contributed by atoms with Crippen LogP contribution >= 0.6 is 0 Å². The maximum absolute atomic E-state index is 12.3. The standard InChI is InChI=1S/C69H128O5/c1-3-5-7-9-11-13-15-17-19-21-23-25-27-28-29-30-31-32-33-34-35-36-37-38-39-40-42-44-46-48-50-52-54-56-58-60-62-64-69(72)74-67(65-70)66-73-68(71)63-61-59-57-55-53-51-49-47-45-43-41-26-24-22-20-18-16-14-12-10-8-6-4-2/h15-18,21-24,67,70H,3-14,19-20,25-66H2,1-2H3/b17-15-,18-16-,23-21-,24-22-. The van der Waals surface area contributed by atoms with Crippen molar-refractivity contribution in [1.82, 2.24) is 0 Å². The number of allylic oxidation sites excluding steroid dienone is 8. The van der Waals surface area contributed by atoms with Crippen molar-refractivity contribution in [2.45, 2.75) is 367 Å². The minimum absolute atomic E-state index is 0.0628. The Balaban J connectivity index is 3.39. The van der Waals surface area contributed by atoms with Crippen LogP contribution in [0.15, 0.2) is 48.6 Å². The van der Waals surface area contributed by atoms with Crippen molar-refractivity contribution < 1.29 is 24.2 Å². The number of esters is 2. The van der Waals surface area contributed by atoms with Crippen LogP contribution in [-0.2, 0) is 19.1 Å². The molecule has 0 fully saturated rings. The van der Waals surface area contributed by atoms with E-state index in [4.69, 9.17) is 9.47 Å². The van der Waals surface area contributed by atoms with Crippen molar-refractivity contribution in [1.29, 1.82) is 0 Å². The Bertz CT molecular complexity index is 1220. The largest absolute Gasteiger partial charge is 0.462 e. The van der Waals surface area contributed by atoms with E-state index in [0.29, 0.717) is 12.8 Å². The average molecular weight is 1040 g/mol. The third kappa shape index (κ3) is 62.4. The van der Waals surface area contributed by atoms with Crippen molar-refractivity contribution >= 4 is 11.9 Å². The Morgan fingerprint density at radius 3 is 0.797 bits per heavy atom. The van der Waals surface area contributed by atoms with Gasteiger partial charge in [0.1, 0.15) is 6.61 Å². The monoisotopic (exact) mass is 1040 g/mol. The molecule has 0 saturated carbocycles. The number of unbranched alkanes of at least 4 members (excludes halogenated alkanes) is 46. The molecule has 1 N–H and O–H groups in total. The Hall–Kier alpha value is -2.14. The average Bonchev–Trinajstić information content (AvgIpc) is 3.40. The molecular formula is C69H128O5. The Morgan fingerprint density at radius 2 is 0.541 bits per heavy atom. The number of rotatable bonds is 62. The number of aliphatic hydroxyl groups excluding tert-OH is 1. The van der Waals surface area contributed by atoms with E-state index >= 15 is 0 Å². The molecule has 0 rings (SSSR count). The zero-order valence-electron chi connectivity index (χ0n) is 49.9. The summed E-state index contributed by atoms with van der Waals surface area (Å²) in [5, 5.41) is 9.68. The van der Waals surface area contributed by atoms with E-state index < -0.39 is 6.10 Å². The van der Waals surface area contributed by atoms with Gasteiger partial charge >= 0.3 is 11.9 Å². The van der Waals surface area contributed by atoms with Gasteiger partial charge in [-0.25, -0.2) is 0 Å². The van der Waals surface area contributed by atoms with Crippen LogP contribution in [0, 0.1) is 0 Å². The molecule has 5 heteroatoms. The minimum atomic E-state index is -0.772. The molecule has 0 aromatic heterocycles. The fraction of sp³-hybridized carbons (Fsp3) is 0.855. The second-order valence-electron chi connectivity index (χ2n) is 22.5. The molecule has 0 spiro atoms. The lowest BCUT2D eigenvalue weighted by Crippen LogP contribution is -2.28. The number of carbonyl (C=O) groups is 2. The lowest BCUT2D eigenvalue weighted by molar-refractivity contribution is -0.161. The van der Waals surface area contributed by atoms with Crippen molar-refractivity contribution in [3.05, 3.63) is 48.6 Å². The molecule has 74 heavy (non-hydrogen) atoms. The zero-order chi connectivity index (χ0) is 53.4. The normalized spacial score (nSPS) is 12.4. The van der Waals surface area contributed by atoms with E-state index in [1.54, 1.807) is 0 Å². The van der Waals surface area contributed by atoms with Gasteiger partial charge in [-0.05, 0) is 77.0 Å². The predicted molar refractivity (Wildman–Crippen MR) is 325 cm³/mol. The summed E-state index contributed by atoms with van der Waals surface area (Å²) in [5.74, 6) is -0.574. The van der Waals surface area contributed by atoms with E-state index in [1.165, 1.54) is 283 Å². The van der Waals surface area contributed by atoms with Gasteiger partial charge in [-0.1, -0.05) is 319 Å². The number of aliphatic hydroxyl groups is 1. The van der Waals surface area contributed by atoms with E-state index in [2.05, 4.69) is 62.5 Å². The highest BCUT2D eigenvalue weighted by molar-refractivity contribution is 5.70. The Kier molecular flexibility index (Phi) is 63.3. The van der Waals surface area contributed by atoms with Crippen LogP contribution in [0.25, 0.3) is 0 Å². The van der Waals surface area contributed by atoms with Gasteiger partial charge in [0.25, 0.3) is 0 Å². The van der Waals surface area contributed by atoms with E-state index in [9.17, 15) is 14.7 Å². The summed E-state index contributed by atoms with van der Waals surface area (Å²) in [5.41, 5.74) is 0. The lowest BCUT2D eigenvalue weighted by Gasteiger charge is -2.15. The highest BCUT2D eigenvalue weighted by Gasteiger charge is 2.16. The van der Waals surface area contributed by atoms with Gasteiger partial charge in [-0.3, -0.25) is 9.59 Å². The summed E-state index contributed by atoms with van der Waals surface area (Å²) in [6.07, 6.45) is 87.1. The highest BCUT2D eigenvalue weighted by Crippen LogP contribution is 2.18. The summed E-state index contributed by atoms with van der Waals surface area (Å²) in [6, 6.07) is 0. The van der Waals surface area contributed by atoms with Crippen LogP contribution in [0.2, 0.25) is 0 Å². The van der Waals surface area contributed by atoms with Crippen LogP contribution in [0.3, 0.4) is 0 Å². The molecular weight excluding hydrogens is 909 g/mol. The zero-order valence-corrected chi connectivity index (χ0v) is 49.9. The van der Waals surface area contributed by atoms with Gasteiger partial charge in [0.15, 0.2) is 6.10 Å². The van der Waals surface area contributed by atoms with Crippen LogP contribution in [0.4, 0.5) is 0 Å². The summed E-state index contributed by atoms with van der Waals surface area (Å²) < 4.78 is 10.7. The minimum Gasteiger partial charge on any atom is -0.462 e. The molecule has 0 aliphatic carbocycles. The summed E-state index contributed by atoms with van der Waals surface area (Å²) in [6.45, 7) is 4.17. The highest BCUT2D eigenvalue weighted by atomic mass is 16.6.